The zero-order valence-electron chi connectivity index (χ0n) is 16.1. The highest BCUT2D eigenvalue weighted by atomic mass is 127. The van der Waals surface area contributed by atoms with Gasteiger partial charge in [0.05, 0.1) is 22.3 Å². The van der Waals surface area contributed by atoms with Crippen LogP contribution in [0.4, 0.5) is 4.39 Å². The van der Waals surface area contributed by atoms with Crippen molar-refractivity contribution >= 4 is 34.2 Å². The van der Waals surface area contributed by atoms with E-state index in [4.69, 9.17) is 9.47 Å². The van der Waals surface area contributed by atoms with Crippen molar-refractivity contribution in [1.82, 2.24) is 0 Å². The first kappa shape index (κ1) is 20.9. The average Bonchev–Trinajstić information content (AvgIpc) is 2.72. The van der Waals surface area contributed by atoms with Gasteiger partial charge >= 0.3 is 0 Å². The second kappa shape index (κ2) is 9.57. The normalized spacial score (nSPS) is 11.1. The number of ether oxygens (including phenoxy) is 2. The van der Waals surface area contributed by atoms with E-state index < -0.39 is 5.82 Å². The van der Waals surface area contributed by atoms with Crippen LogP contribution in [0.5, 0.6) is 11.5 Å². The number of hydrogen-bond acceptors (Lipinski definition) is 3. The average molecular weight is 499 g/mol. The van der Waals surface area contributed by atoms with E-state index in [1.54, 1.807) is 37.5 Å². The molecule has 146 valence electrons. The van der Waals surface area contributed by atoms with Crippen molar-refractivity contribution in [2.75, 3.05) is 7.11 Å². The van der Waals surface area contributed by atoms with Gasteiger partial charge in [-0.3, -0.25) is 0 Å². The Kier molecular flexibility index (Phi) is 6.89. The summed E-state index contributed by atoms with van der Waals surface area (Å²) in [7, 11) is 1.57. The molecule has 3 rings (SSSR count). The maximum atomic E-state index is 14.1. The summed E-state index contributed by atoms with van der Waals surface area (Å²) in [5, 5.41) is 9.50. The van der Waals surface area contributed by atoms with Crippen molar-refractivity contribution in [1.29, 1.82) is 5.26 Å². The Bertz CT molecular complexity index is 1090. The lowest BCUT2D eigenvalue weighted by Gasteiger charge is -2.14. The van der Waals surface area contributed by atoms with Gasteiger partial charge < -0.3 is 9.47 Å². The maximum Gasteiger partial charge on any atom is 0.174 e. The summed E-state index contributed by atoms with van der Waals surface area (Å²) in [5.41, 5.74) is 3.50. The van der Waals surface area contributed by atoms with Crippen molar-refractivity contribution in [3.8, 4) is 17.6 Å². The molecule has 3 aromatic carbocycles. The van der Waals surface area contributed by atoms with Crippen LogP contribution in [0, 0.1) is 27.6 Å². The fraction of sp³-hybridized carbons (Fsp3) is 0.125. The van der Waals surface area contributed by atoms with E-state index in [0.717, 1.165) is 14.7 Å². The number of benzene rings is 3. The summed E-state index contributed by atoms with van der Waals surface area (Å²) in [6, 6.07) is 20.1. The van der Waals surface area contributed by atoms with Gasteiger partial charge in [0.2, 0.25) is 0 Å². The Morgan fingerprint density at radius 1 is 1.14 bits per heavy atom. The van der Waals surface area contributed by atoms with Crippen LogP contribution in [0.1, 0.15) is 22.3 Å². The maximum absolute atomic E-state index is 14.1. The number of rotatable bonds is 6. The zero-order valence-corrected chi connectivity index (χ0v) is 18.2. The van der Waals surface area contributed by atoms with Gasteiger partial charge in [-0.2, -0.15) is 5.26 Å². The van der Waals surface area contributed by atoms with E-state index in [9.17, 15) is 9.65 Å². The molecule has 0 aromatic heterocycles. The van der Waals surface area contributed by atoms with E-state index in [2.05, 4.69) is 28.7 Å². The van der Waals surface area contributed by atoms with Crippen LogP contribution >= 0.6 is 22.6 Å². The third-order valence-electron chi connectivity index (χ3n) is 4.35. The molecule has 0 amide bonds. The smallest absolute Gasteiger partial charge is 0.174 e. The topological polar surface area (TPSA) is 42.2 Å². The minimum absolute atomic E-state index is 0.245. The van der Waals surface area contributed by atoms with E-state index in [1.165, 1.54) is 11.6 Å². The molecule has 3 nitrogen and oxygen atoms in total. The van der Waals surface area contributed by atoms with Crippen LogP contribution in [0.15, 0.2) is 60.7 Å². The zero-order chi connectivity index (χ0) is 20.8. The Morgan fingerprint density at radius 2 is 1.86 bits per heavy atom. The minimum atomic E-state index is -0.431. The number of nitriles is 1. The summed E-state index contributed by atoms with van der Waals surface area (Å²) in [5.74, 6) is 0.760. The number of allylic oxidation sites excluding steroid dienone is 1. The molecule has 0 unspecified atom stereocenters. The van der Waals surface area contributed by atoms with Crippen LogP contribution in [0.2, 0.25) is 0 Å². The lowest BCUT2D eigenvalue weighted by Crippen LogP contribution is -2.00. The molecule has 5 heteroatoms. The Morgan fingerprint density at radius 3 is 2.52 bits per heavy atom. The van der Waals surface area contributed by atoms with Gasteiger partial charge in [-0.25, -0.2) is 4.39 Å². The van der Waals surface area contributed by atoms with Gasteiger partial charge in [0.1, 0.15) is 12.4 Å². The molecule has 0 aliphatic heterocycles. The molecule has 0 aliphatic rings. The number of aryl methyl sites for hydroxylation is 1. The first-order valence-electron chi connectivity index (χ1n) is 8.94. The van der Waals surface area contributed by atoms with Crippen LogP contribution in [0.25, 0.3) is 11.6 Å². The largest absolute Gasteiger partial charge is 0.493 e. The lowest BCUT2D eigenvalue weighted by molar-refractivity contribution is 0.282. The third kappa shape index (κ3) is 5.15. The first-order chi connectivity index (χ1) is 14.0. The predicted octanol–water partition coefficient (Wildman–Crippen LogP) is 6.39. The third-order valence-corrected chi connectivity index (χ3v) is 5.15. The van der Waals surface area contributed by atoms with Crippen molar-refractivity contribution in [2.45, 2.75) is 13.5 Å². The van der Waals surface area contributed by atoms with Crippen molar-refractivity contribution in [2.24, 2.45) is 0 Å². The van der Waals surface area contributed by atoms with Crippen LogP contribution < -0.4 is 9.47 Å². The molecule has 0 saturated carbocycles. The summed E-state index contributed by atoms with van der Waals surface area (Å²) >= 11 is 2.17. The molecular formula is C24H19FINO2. The summed E-state index contributed by atoms with van der Waals surface area (Å²) in [6.45, 7) is 2.46. The molecule has 0 aliphatic carbocycles. The summed E-state index contributed by atoms with van der Waals surface area (Å²) in [4.78, 5) is 0. The van der Waals surface area contributed by atoms with E-state index in [-0.39, 0.29) is 11.1 Å². The predicted molar refractivity (Wildman–Crippen MR) is 121 cm³/mol. The van der Waals surface area contributed by atoms with Crippen LogP contribution in [-0.2, 0) is 6.61 Å². The molecule has 0 bridgehead atoms. The Balaban J connectivity index is 1.90. The fourth-order valence-electron chi connectivity index (χ4n) is 2.82. The van der Waals surface area contributed by atoms with E-state index in [0.29, 0.717) is 18.1 Å². The van der Waals surface area contributed by atoms with Crippen LogP contribution in [-0.4, -0.2) is 7.11 Å². The SMILES string of the molecule is COc1cc(C=C(C#N)c2ccccc2F)cc(I)c1OCc1ccc(C)cc1. The number of hydrogen-bond donors (Lipinski definition) is 0. The highest BCUT2D eigenvalue weighted by Crippen LogP contribution is 2.35. The second-order valence-corrected chi connectivity index (χ2v) is 7.62. The van der Waals surface area contributed by atoms with Crippen molar-refractivity contribution < 1.29 is 13.9 Å². The second-order valence-electron chi connectivity index (χ2n) is 6.46. The highest BCUT2D eigenvalue weighted by molar-refractivity contribution is 14.1. The molecule has 0 saturated heterocycles. The van der Waals surface area contributed by atoms with Crippen molar-refractivity contribution in [3.05, 3.63) is 92.3 Å². The number of methoxy groups -OCH3 is 1. The van der Waals surface area contributed by atoms with Gasteiger partial charge in [-0.15, -0.1) is 0 Å². The molecule has 0 spiro atoms. The quantitative estimate of drug-likeness (QED) is 0.224. The molecule has 0 heterocycles. The number of nitrogens with zero attached hydrogens (tertiary/aromatic N) is 1. The van der Waals surface area contributed by atoms with Gasteiger partial charge in [0, 0.05) is 5.56 Å². The molecule has 3 aromatic rings. The molecule has 0 radical (unpaired) electrons. The van der Waals surface area contributed by atoms with E-state index in [1.807, 2.05) is 37.3 Å². The highest BCUT2D eigenvalue weighted by Gasteiger charge is 2.13. The Hall–Kier alpha value is -2.85. The molecular weight excluding hydrogens is 480 g/mol. The molecule has 0 N–H and O–H groups in total. The van der Waals surface area contributed by atoms with Gasteiger partial charge in [-0.1, -0.05) is 48.0 Å². The van der Waals surface area contributed by atoms with Gasteiger partial charge in [-0.05, 0) is 64.9 Å². The van der Waals surface area contributed by atoms with Gasteiger partial charge in [0.15, 0.2) is 11.5 Å². The monoisotopic (exact) mass is 499 g/mol. The Labute approximate surface area is 183 Å². The van der Waals surface area contributed by atoms with Gasteiger partial charge in [0.25, 0.3) is 0 Å². The molecule has 29 heavy (non-hydrogen) atoms. The standard InChI is InChI=1S/C24H19FINO2/c1-16-7-9-17(10-8-16)15-29-24-22(26)12-18(13-23(24)28-2)11-19(14-27)20-5-3-4-6-21(20)25/h3-13H,15H2,1-2H3. The minimum Gasteiger partial charge on any atom is -0.493 e. The van der Waals surface area contributed by atoms with Crippen LogP contribution in [0.3, 0.4) is 0 Å². The molecule has 0 fully saturated rings. The van der Waals surface area contributed by atoms with Crippen molar-refractivity contribution in [3.63, 3.8) is 0 Å². The fourth-order valence-corrected chi connectivity index (χ4v) is 3.60. The lowest BCUT2D eigenvalue weighted by atomic mass is 10.0. The van der Waals surface area contributed by atoms with E-state index >= 15 is 0 Å². The molecule has 0 atom stereocenters. The summed E-state index contributed by atoms with van der Waals surface area (Å²) in [6.07, 6.45) is 1.65. The first-order valence-corrected chi connectivity index (χ1v) is 10.0. The summed E-state index contributed by atoms with van der Waals surface area (Å²) < 4.78 is 26.4. The number of halogens is 2.